The van der Waals surface area contributed by atoms with Gasteiger partial charge in [-0.1, -0.05) is 57.4 Å². The number of epoxide rings is 1. The summed E-state index contributed by atoms with van der Waals surface area (Å²) in [6, 6.07) is 0. The van der Waals surface area contributed by atoms with E-state index >= 15 is 0 Å². The third-order valence-electron chi connectivity index (χ3n) is 11.5. The summed E-state index contributed by atoms with van der Waals surface area (Å²) in [7, 11) is 0. The summed E-state index contributed by atoms with van der Waals surface area (Å²) >= 11 is 0. The summed E-state index contributed by atoms with van der Waals surface area (Å²) in [4.78, 5) is 29.7. The number of ether oxygens (including phenoxy) is 1. The van der Waals surface area contributed by atoms with Crippen LogP contribution in [0.2, 0.25) is 0 Å². The van der Waals surface area contributed by atoms with Crippen molar-refractivity contribution in [3.05, 3.63) is 23.3 Å². The van der Waals surface area contributed by atoms with Gasteiger partial charge in [-0.2, -0.15) is 0 Å². The molecule has 5 fully saturated rings. The first-order valence-electron chi connectivity index (χ1n) is 13.6. The minimum atomic E-state index is -1.03. The minimum absolute atomic E-state index is 0.0354. The van der Waals surface area contributed by atoms with Gasteiger partial charge in [-0.25, -0.2) is 0 Å². The fraction of sp³-hybridized carbons (Fsp3) is 0.800. The van der Waals surface area contributed by atoms with Crippen LogP contribution in [-0.2, 0) is 14.3 Å². The van der Waals surface area contributed by atoms with Crippen molar-refractivity contribution in [3.8, 4) is 0 Å². The van der Waals surface area contributed by atoms with E-state index in [0.29, 0.717) is 25.7 Å². The molecule has 4 nitrogen and oxygen atoms in total. The highest BCUT2D eigenvalue weighted by Gasteiger charge is 2.95. The zero-order valence-corrected chi connectivity index (χ0v) is 22.1. The third kappa shape index (κ3) is 2.22. The van der Waals surface area contributed by atoms with E-state index in [0.717, 1.165) is 24.8 Å². The van der Waals surface area contributed by atoms with Gasteiger partial charge in [0.15, 0.2) is 22.8 Å². The number of fused-ring (bicyclic) bond motifs is 3. The first kappa shape index (κ1) is 23.2. The number of ketones is 2. The quantitative estimate of drug-likeness (QED) is 0.426. The number of hydrogen-bond donors (Lipinski definition) is 1. The van der Waals surface area contributed by atoms with Gasteiger partial charge in [0.25, 0.3) is 0 Å². The van der Waals surface area contributed by atoms with Crippen molar-refractivity contribution in [3.63, 3.8) is 0 Å². The molecule has 1 aliphatic heterocycles. The molecule has 1 N–H and O–H groups in total. The molecular formula is C30H42O4. The van der Waals surface area contributed by atoms with Crippen LogP contribution in [0.15, 0.2) is 23.3 Å². The molecule has 3 spiro atoms. The van der Waals surface area contributed by atoms with Gasteiger partial charge < -0.3 is 9.84 Å². The molecule has 1 saturated heterocycles. The van der Waals surface area contributed by atoms with Crippen LogP contribution >= 0.6 is 0 Å². The Morgan fingerprint density at radius 1 is 1.12 bits per heavy atom. The molecule has 4 heteroatoms. The zero-order valence-electron chi connectivity index (χ0n) is 22.1. The Morgan fingerprint density at radius 2 is 1.82 bits per heavy atom. The van der Waals surface area contributed by atoms with Crippen molar-refractivity contribution < 1.29 is 19.4 Å². The van der Waals surface area contributed by atoms with E-state index in [4.69, 9.17) is 4.74 Å². The van der Waals surface area contributed by atoms with Crippen LogP contribution < -0.4 is 0 Å². The Bertz CT molecular complexity index is 1060. The number of carbonyl (C=O) groups excluding carboxylic acids is 2. The zero-order chi connectivity index (χ0) is 24.7. The molecule has 0 unspecified atom stereocenters. The molecule has 0 amide bonds. The Morgan fingerprint density at radius 3 is 2.47 bits per heavy atom. The standard InChI is InChI=1S/C30H42O4/c1-17(2)13-20-14-27-16-28(33)11-8-10-25(6,7)22(28)21-15-26(27,12-9-19(21)5)23(31)29(18(3)4)30(20,34-29)24(27)32/h9,13,18,20-22,33H,8,10-12,14-16H2,1-7H3/t20-,21+,22-,26+,27-,28-,29-,30+/m0/s1. The summed E-state index contributed by atoms with van der Waals surface area (Å²) in [6.07, 6.45) is 9.57. The van der Waals surface area contributed by atoms with Gasteiger partial charge in [0.05, 0.1) is 5.60 Å². The first-order valence-corrected chi connectivity index (χ1v) is 13.6. The van der Waals surface area contributed by atoms with Crippen LogP contribution in [0, 0.1) is 39.9 Å². The second-order valence-electron chi connectivity index (χ2n) is 14.2. The number of Topliss-reactive ketones (excluding diaryl/α,β-unsaturated/α-hetero) is 2. The Hall–Kier alpha value is -1.26. The SMILES string of the molecule is CC(C)=C[C@H]1C[C@@]23C[C@@]4(O)CCCC(C)(C)[C@@H]4[C@@H]4C[C@]2(CC=C4C)C(=O)[C@]2(C(C)C)O[C@@]12C3=O. The molecule has 4 saturated carbocycles. The van der Waals surface area contributed by atoms with Gasteiger partial charge in [-0.05, 0) is 82.5 Å². The van der Waals surface area contributed by atoms with Gasteiger partial charge in [-0.3, -0.25) is 9.59 Å². The number of carbonyl (C=O) groups is 2. The van der Waals surface area contributed by atoms with Crippen LogP contribution in [0.3, 0.4) is 0 Å². The molecular weight excluding hydrogens is 424 g/mol. The van der Waals surface area contributed by atoms with E-state index in [1.165, 1.54) is 5.57 Å². The lowest BCUT2D eigenvalue weighted by molar-refractivity contribution is -0.165. The van der Waals surface area contributed by atoms with E-state index in [2.05, 4.69) is 60.6 Å². The molecule has 6 aliphatic rings. The van der Waals surface area contributed by atoms with E-state index in [9.17, 15) is 14.7 Å². The predicted octanol–water partition coefficient (Wildman–Crippen LogP) is 5.58. The average Bonchev–Trinajstić information content (AvgIpc) is 3.40. The van der Waals surface area contributed by atoms with Crippen LogP contribution in [0.25, 0.3) is 0 Å². The van der Waals surface area contributed by atoms with Crippen molar-refractivity contribution in [1.29, 1.82) is 0 Å². The number of rotatable bonds is 2. The molecule has 5 aliphatic carbocycles. The summed E-state index contributed by atoms with van der Waals surface area (Å²) in [5.41, 5.74) is -2.18. The van der Waals surface area contributed by atoms with Crippen molar-refractivity contribution >= 4 is 11.6 Å². The molecule has 0 aromatic heterocycles. The van der Waals surface area contributed by atoms with Crippen molar-refractivity contribution in [2.24, 2.45) is 39.9 Å². The molecule has 4 bridgehead atoms. The van der Waals surface area contributed by atoms with Gasteiger partial charge >= 0.3 is 0 Å². The highest BCUT2D eigenvalue weighted by Crippen LogP contribution is 2.81. The summed E-state index contributed by atoms with van der Waals surface area (Å²) in [5, 5.41) is 12.5. The van der Waals surface area contributed by atoms with Crippen LogP contribution in [0.5, 0.6) is 0 Å². The Kier molecular flexibility index (Phi) is 4.32. The lowest BCUT2D eigenvalue weighted by Crippen LogP contribution is -2.64. The largest absolute Gasteiger partial charge is 0.390 e. The summed E-state index contributed by atoms with van der Waals surface area (Å²) in [5.74, 6) is 0.348. The van der Waals surface area contributed by atoms with Gasteiger partial charge in [-0.15, -0.1) is 0 Å². The minimum Gasteiger partial charge on any atom is -0.390 e. The topological polar surface area (TPSA) is 66.9 Å². The molecule has 6 rings (SSSR count). The number of hydrogen-bond acceptors (Lipinski definition) is 4. The number of aliphatic hydroxyl groups is 1. The summed E-state index contributed by atoms with van der Waals surface area (Å²) < 4.78 is 6.55. The second kappa shape index (κ2) is 6.35. The van der Waals surface area contributed by atoms with E-state index in [-0.39, 0.29) is 40.7 Å². The second-order valence-corrected chi connectivity index (χ2v) is 14.2. The van der Waals surface area contributed by atoms with Crippen molar-refractivity contribution in [1.82, 2.24) is 0 Å². The maximum absolute atomic E-state index is 14.8. The lowest BCUT2D eigenvalue weighted by Gasteiger charge is -2.53. The summed E-state index contributed by atoms with van der Waals surface area (Å²) in [6.45, 7) is 15.0. The van der Waals surface area contributed by atoms with Crippen molar-refractivity contribution in [2.45, 2.75) is 110 Å². The normalized spacial score (nSPS) is 52.3. The van der Waals surface area contributed by atoms with Gasteiger partial charge in [0, 0.05) is 16.7 Å². The molecule has 8 atom stereocenters. The lowest BCUT2D eigenvalue weighted by atomic mass is 9.46. The maximum atomic E-state index is 14.8. The Balaban J connectivity index is 1.65. The van der Waals surface area contributed by atoms with E-state index in [1.807, 2.05) is 0 Å². The maximum Gasteiger partial charge on any atom is 0.176 e. The van der Waals surface area contributed by atoms with E-state index < -0.39 is 27.6 Å². The Labute approximate surface area is 204 Å². The molecule has 0 radical (unpaired) electrons. The van der Waals surface area contributed by atoms with E-state index in [1.54, 1.807) is 0 Å². The number of allylic oxidation sites excluding steroid dienone is 3. The van der Waals surface area contributed by atoms with Gasteiger partial charge in [0.2, 0.25) is 0 Å². The molecule has 0 aromatic carbocycles. The highest BCUT2D eigenvalue weighted by atomic mass is 16.6. The van der Waals surface area contributed by atoms with Crippen LogP contribution in [0.4, 0.5) is 0 Å². The van der Waals surface area contributed by atoms with Crippen LogP contribution in [0.1, 0.15) is 93.4 Å². The smallest absolute Gasteiger partial charge is 0.176 e. The molecule has 0 aromatic rings. The molecule has 186 valence electrons. The van der Waals surface area contributed by atoms with Crippen molar-refractivity contribution in [2.75, 3.05) is 0 Å². The third-order valence-corrected chi connectivity index (χ3v) is 11.5. The average molecular weight is 467 g/mol. The fourth-order valence-electron chi connectivity index (χ4n) is 10.4. The van der Waals surface area contributed by atoms with Crippen LogP contribution in [-0.4, -0.2) is 33.5 Å². The monoisotopic (exact) mass is 466 g/mol. The molecule has 34 heavy (non-hydrogen) atoms. The first-order chi connectivity index (χ1) is 15.7. The predicted molar refractivity (Wildman–Crippen MR) is 131 cm³/mol. The highest BCUT2D eigenvalue weighted by molar-refractivity contribution is 6.17. The van der Waals surface area contributed by atoms with Gasteiger partial charge in [0.1, 0.15) is 0 Å². The molecule has 1 heterocycles. The fourth-order valence-corrected chi connectivity index (χ4v) is 10.4.